The number of halogens is 1. The van der Waals surface area contributed by atoms with Gasteiger partial charge in [0.15, 0.2) is 0 Å². The highest BCUT2D eigenvalue weighted by molar-refractivity contribution is 6.31. The number of carbonyl (C=O) groups is 1. The van der Waals surface area contributed by atoms with Gasteiger partial charge in [0.25, 0.3) is 5.56 Å². The number of methoxy groups -OCH3 is 1. The number of aryl methyl sites for hydroxylation is 1. The molecule has 6 nitrogen and oxygen atoms in total. The number of carbonyl (C=O) groups excluding carboxylic acids is 1. The van der Waals surface area contributed by atoms with Gasteiger partial charge in [-0.15, -0.1) is 0 Å². The number of hydrogen-bond donors (Lipinski definition) is 1. The highest BCUT2D eigenvalue weighted by Gasteiger charge is 2.17. The summed E-state index contributed by atoms with van der Waals surface area (Å²) in [6.45, 7) is 1.70. The van der Waals surface area contributed by atoms with E-state index in [0.29, 0.717) is 32.9 Å². The Morgan fingerprint density at radius 2 is 2.04 bits per heavy atom. The van der Waals surface area contributed by atoms with E-state index in [1.807, 2.05) is 0 Å². The van der Waals surface area contributed by atoms with Gasteiger partial charge in [-0.2, -0.15) is 0 Å². The van der Waals surface area contributed by atoms with Gasteiger partial charge in [-0.25, -0.2) is 9.78 Å². The van der Waals surface area contributed by atoms with E-state index >= 15 is 0 Å². The quantitative estimate of drug-likeness (QED) is 0.712. The third-order valence-corrected chi connectivity index (χ3v) is 4.53. The number of hydrogen-bond acceptors (Lipinski definition) is 5. The van der Waals surface area contributed by atoms with Crippen LogP contribution in [0.25, 0.3) is 10.9 Å². The third kappa shape index (κ3) is 3.34. The molecule has 1 heterocycles. The average Bonchev–Trinajstić information content (AvgIpc) is 2.64. The van der Waals surface area contributed by atoms with Crippen molar-refractivity contribution in [1.29, 1.82) is 0 Å². The van der Waals surface area contributed by atoms with E-state index in [9.17, 15) is 14.7 Å². The van der Waals surface area contributed by atoms with Crippen LogP contribution >= 0.6 is 11.6 Å². The van der Waals surface area contributed by atoms with Crippen LogP contribution in [0, 0.1) is 6.92 Å². The van der Waals surface area contributed by atoms with E-state index in [1.165, 1.54) is 29.9 Å². The molecule has 3 rings (SSSR count). The van der Waals surface area contributed by atoms with Crippen LogP contribution in [-0.4, -0.2) is 27.7 Å². The summed E-state index contributed by atoms with van der Waals surface area (Å²) in [4.78, 5) is 28.9. The minimum atomic E-state index is -0.950. The summed E-state index contributed by atoms with van der Waals surface area (Å²) in [5.41, 5.74) is 0.968. The summed E-state index contributed by atoms with van der Waals surface area (Å²) in [6.07, 6.45) is -0.950. The molecule has 0 radical (unpaired) electrons. The lowest BCUT2D eigenvalue weighted by Gasteiger charge is -2.16. The first-order valence-corrected chi connectivity index (χ1v) is 8.32. The van der Waals surface area contributed by atoms with Crippen molar-refractivity contribution >= 4 is 28.5 Å². The van der Waals surface area contributed by atoms with Crippen molar-refractivity contribution in [2.24, 2.45) is 0 Å². The van der Waals surface area contributed by atoms with Gasteiger partial charge in [-0.1, -0.05) is 29.8 Å². The van der Waals surface area contributed by atoms with Crippen LogP contribution in [0.1, 0.15) is 27.8 Å². The number of nitrogens with zero attached hydrogens (tertiary/aromatic N) is 2. The molecule has 0 bridgehead atoms. The highest BCUT2D eigenvalue weighted by Crippen LogP contribution is 2.24. The molecule has 0 unspecified atom stereocenters. The molecule has 134 valence electrons. The first-order valence-electron chi connectivity index (χ1n) is 7.94. The van der Waals surface area contributed by atoms with E-state index in [0.717, 1.165) is 0 Å². The highest BCUT2D eigenvalue weighted by atomic mass is 35.5. The minimum Gasteiger partial charge on any atom is -0.465 e. The predicted molar refractivity (Wildman–Crippen MR) is 98.5 cm³/mol. The molecule has 7 heteroatoms. The molecule has 2 aromatic carbocycles. The zero-order valence-electron chi connectivity index (χ0n) is 14.3. The van der Waals surface area contributed by atoms with Crippen LogP contribution in [-0.2, 0) is 11.3 Å². The van der Waals surface area contributed by atoms with Gasteiger partial charge in [-0.3, -0.25) is 9.36 Å². The number of aliphatic hydroxyl groups is 1. The van der Waals surface area contributed by atoms with Gasteiger partial charge in [-0.05, 0) is 31.2 Å². The van der Waals surface area contributed by atoms with E-state index in [-0.39, 0.29) is 12.1 Å². The Morgan fingerprint density at radius 3 is 2.73 bits per heavy atom. The summed E-state index contributed by atoms with van der Waals surface area (Å²) in [6, 6.07) is 11.5. The average molecular weight is 373 g/mol. The topological polar surface area (TPSA) is 81.4 Å². The largest absolute Gasteiger partial charge is 0.465 e. The Labute approximate surface area is 154 Å². The van der Waals surface area contributed by atoms with Gasteiger partial charge in [0, 0.05) is 10.6 Å². The molecule has 1 N–H and O–H groups in total. The molecule has 0 aliphatic heterocycles. The molecule has 0 aliphatic rings. The number of aromatic nitrogens is 2. The Bertz CT molecular complexity index is 1050. The van der Waals surface area contributed by atoms with Crippen LogP contribution in [0.15, 0.2) is 47.3 Å². The van der Waals surface area contributed by atoms with Crippen molar-refractivity contribution in [2.45, 2.75) is 19.6 Å². The van der Waals surface area contributed by atoms with Crippen molar-refractivity contribution in [3.05, 3.63) is 74.8 Å². The summed E-state index contributed by atoms with van der Waals surface area (Å²) in [5.74, 6) is -0.0692. The number of esters is 1. The van der Waals surface area contributed by atoms with Crippen LogP contribution in [0.4, 0.5) is 0 Å². The Kier molecular flexibility index (Phi) is 5.06. The molecule has 0 saturated heterocycles. The van der Waals surface area contributed by atoms with E-state index in [4.69, 9.17) is 11.6 Å². The Morgan fingerprint density at radius 1 is 1.31 bits per heavy atom. The van der Waals surface area contributed by atoms with Gasteiger partial charge in [0.05, 0.1) is 36.2 Å². The van der Waals surface area contributed by atoms with Crippen LogP contribution in [0.3, 0.4) is 0 Å². The summed E-state index contributed by atoms with van der Waals surface area (Å²) in [5, 5.41) is 11.3. The third-order valence-electron chi connectivity index (χ3n) is 4.19. The summed E-state index contributed by atoms with van der Waals surface area (Å²) >= 11 is 6.11. The second kappa shape index (κ2) is 7.27. The molecule has 1 aromatic heterocycles. The van der Waals surface area contributed by atoms with Crippen molar-refractivity contribution in [3.63, 3.8) is 0 Å². The Balaban J connectivity index is 2.03. The Hall–Kier alpha value is -2.70. The first kappa shape index (κ1) is 18.1. The lowest BCUT2D eigenvalue weighted by atomic mass is 10.1. The molecular formula is C19H17ClN2O4. The van der Waals surface area contributed by atoms with Gasteiger partial charge in [0.1, 0.15) is 5.82 Å². The number of fused-ring (bicyclic) bond motifs is 1. The zero-order valence-corrected chi connectivity index (χ0v) is 15.0. The fourth-order valence-corrected chi connectivity index (χ4v) is 3.07. The standard InChI is InChI=1S/C19H17ClN2O4/c1-11-21-16-9-12(19(25)26-2)7-8-14(16)18(24)22(11)10-17(23)13-5-3-4-6-15(13)20/h3-9,17,23H,10H2,1-2H3/t17-/m0/s1. The smallest absolute Gasteiger partial charge is 0.337 e. The number of rotatable bonds is 4. The van der Waals surface area contributed by atoms with Crippen LogP contribution < -0.4 is 5.56 Å². The molecule has 0 amide bonds. The van der Waals surface area contributed by atoms with E-state index in [1.54, 1.807) is 31.2 Å². The maximum absolute atomic E-state index is 12.8. The number of benzene rings is 2. The maximum atomic E-state index is 12.8. The molecule has 26 heavy (non-hydrogen) atoms. The molecule has 0 aliphatic carbocycles. The normalized spacial score (nSPS) is 12.2. The first-order chi connectivity index (χ1) is 12.4. The van der Waals surface area contributed by atoms with Crippen molar-refractivity contribution < 1.29 is 14.6 Å². The van der Waals surface area contributed by atoms with Crippen LogP contribution in [0.2, 0.25) is 5.02 Å². The van der Waals surface area contributed by atoms with Crippen LogP contribution in [0.5, 0.6) is 0 Å². The monoisotopic (exact) mass is 372 g/mol. The van der Waals surface area contributed by atoms with Crippen molar-refractivity contribution in [3.8, 4) is 0 Å². The fraction of sp³-hybridized carbons (Fsp3) is 0.211. The lowest BCUT2D eigenvalue weighted by molar-refractivity contribution is 0.0601. The molecule has 3 aromatic rings. The van der Waals surface area contributed by atoms with Gasteiger partial charge >= 0.3 is 5.97 Å². The SMILES string of the molecule is COC(=O)c1ccc2c(=O)n(C[C@H](O)c3ccccc3Cl)c(C)nc2c1. The summed E-state index contributed by atoms with van der Waals surface area (Å²) < 4.78 is 6.08. The minimum absolute atomic E-state index is 0.0239. The van der Waals surface area contributed by atoms with Crippen molar-refractivity contribution in [2.75, 3.05) is 7.11 Å². The molecule has 0 spiro atoms. The van der Waals surface area contributed by atoms with Crippen molar-refractivity contribution in [1.82, 2.24) is 9.55 Å². The van der Waals surface area contributed by atoms with E-state index < -0.39 is 12.1 Å². The second-order valence-corrected chi connectivity index (χ2v) is 6.24. The van der Waals surface area contributed by atoms with Gasteiger partial charge < -0.3 is 9.84 Å². The molecule has 0 fully saturated rings. The van der Waals surface area contributed by atoms with Gasteiger partial charge in [0.2, 0.25) is 0 Å². The predicted octanol–water partition coefficient (Wildman–Crippen LogP) is 2.88. The molecule has 0 saturated carbocycles. The summed E-state index contributed by atoms with van der Waals surface area (Å²) in [7, 11) is 1.29. The second-order valence-electron chi connectivity index (χ2n) is 5.84. The fourth-order valence-electron chi connectivity index (χ4n) is 2.81. The maximum Gasteiger partial charge on any atom is 0.337 e. The molecular weight excluding hydrogens is 356 g/mol. The molecule has 1 atom stereocenters. The zero-order chi connectivity index (χ0) is 18.8. The lowest BCUT2D eigenvalue weighted by Crippen LogP contribution is -2.27. The van der Waals surface area contributed by atoms with E-state index in [2.05, 4.69) is 9.72 Å². The number of ether oxygens (including phenoxy) is 1. The number of aliphatic hydroxyl groups excluding tert-OH is 1.